The lowest BCUT2D eigenvalue weighted by Crippen LogP contribution is -2.17. The molecule has 9 heteroatoms. The molecule has 0 spiro atoms. The summed E-state index contributed by atoms with van der Waals surface area (Å²) >= 11 is 11.6. The Morgan fingerprint density at radius 1 is 1.41 bits per heavy atom. The molecular weight excluding hydrogens is 338 g/mol. The summed E-state index contributed by atoms with van der Waals surface area (Å²) < 4.78 is 19.2. The first-order valence-corrected chi connectivity index (χ1v) is 6.48. The maximum absolute atomic E-state index is 14.4. The number of ether oxygens (including phenoxy) is 1. The molecule has 0 amide bonds. The van der Waals surface area contributed by atoms with Crippen LogP contribution in [0.2, 0.25) is 10.0 Å². The van der Waals surface area contributed by atoms with Crippen LogP contribution in [0.25, 0.3) is 11.3 Å². The van der Waals surface area contributed by atoms with Gasteiger partial charge in [0.1, 0.15) is 0 Å². The van der Waals surface area contributed by atoms with Crippen molar-refractivity contribution in [3.63, 3.8) is 0 Å². The molecule has 0 radical (unpaired) electrons. The summed E-state index contributed by atoms with van der Waals surface area (Å²) in [6.07, 6.45) is 0. The van der Waals surface area contributed by atoms with Gasteiger partial charge < -0.3 is 20.6 Å². The highest BCUT2D eigenvalue weighted by molar-refractivity contribution is 6.35. The average molecular weight is 346 g/mol. The molecule has 0 fully saturated rings. The molecule has 0 bridgehead atoms. The number of aromatic nitrogens is 1. The molecule has 0 saturated carbocycles. The number of carbonyl (C=O) groups excluding carboxylic acids is 1. The standard InChI is InChI=1S/C13H9Cl2FN2O4/c1-21-12-6(14)3-2-5(10(12)16)8-4-7(17)9(15)11(18-8)13(19)22-20/h2-4,20H,1H3,(H2,17,18)/p-1. The van der Waals surface area contributed by atoms with Crippen LogP contribution in [0.3, 0.4) is 0 Å². The van der Waals surface area contributed by atoms with Crippen LogP contribution in [0.4, 0.5) is 10.1 Å². The zero-order chi connectivity index (χ0) is 16.4. The molecule has 0 saturated heterocycles. The average Bonchev–Trinajstić information content (AvgIpc) is 2.50. The Balaban J connectivity index is 2.69. The number of pyridine rings is 1. The van der Waals surface area contributed by atoms with E-state index in [2.05, 4.69) is 9.87 Å². The molecule has 1 aromatic heterocycles. The third-order valence-electron chi connectivity index (χ3n) is 2.78. The first kappa shape index (κ1) is 16.3. The minimum Gasteiger partial charge on any atom is -0.661 e. The Kier molecular flexibility index (Phi) is 4.70. The van der Waals surface area contributed by atoms with Crippen molar-refractivity contribution in [1.29, 1.82) is 0 Å². The molecule has 2 aromatic rings. The van der Waals surface area contributed by atoms with Crippen LogP contribution in [-0.4, -0.2) is 18.1 Å². The van der Waals surface area contributed by atoms with Crippen LogP contribution in [-0.2, 0) is 4.89 Å². The van der Waals surface area contributed by atoms with Gasteiger partial charge in [-0.3, -0.25) is 0 Å². The molecule has 0 aliphatic heterocycles. The summed E-state index contributed by atoms with van der Waals surface area (Å²) in [5.41, 5.74) is 4.99. The van der Waals surface area contributed by atoms with E-state index in [4.69, 9.17) is 33.7 Å². The van der Waals surface area contributed by atoms with Gasteiger partial charge in [-0.05, 0) is 18.2 Å². The van der Waals surface area contributed by atoms with Crippen LogP contribution >= 0.6 is 23.2 Å². The third-order valence-corrected chi connectivity index (χ3v) is 3.48. The fraction of sp³-hybridized carbons (Fsp3) is 0.0769. The van der Waals surface area contributed by atoms with Gasteiger partial charge in [0, 0.05) is 5.56 Å². The number of nitrogen functional groups attached to an aromatic ring is 1. The number of nitrogens with two attached hydrogens (primary N) is 1. The first-order valence-electron chi connectivity index (χ1n) is 5.73. The zero-order valence-electron chi connectivity index (χ0n) is 11.0. The van der Waals surface area contributed by atoms with Crippen LogP contribution in [0, 0.1) is 5.82 Å². The number of benzene rings is 1. The molecule has 0 atom stereocenters. The first-order chi connectivity index (χ1) is 10.4. The summed E-state index contributed by atoms with van der Waals surface area (Å²) in [6, 6.07) is 3.95. The summed E-state index contributed by atoms with van der Waals surface area (Å²) in [5.74, 6) is -2.33. The maximum atomic E-state index is 14.4. The normalized spacial score (nSPS) is 10.4. The van der Waals surface area contributed by atoms with Crippen molar-refractivity contribution in [3.8, 4) is 17.0 Å². The van der Waals surface area contributed by atoms with Gasteiger partial charge in [-0.2, -0.15) is 0 Å². The van der Waals surface area contributed by atoms with E-state index in [9.17, 15) is 14.4 Å². The highest BCUT2D eigenvalue weighted by Crippen LogP contribution is 2.36. The quantitative estimate of drug-likeness (QED) is 0.676. The van der Waals surface area contributed by atoms with Gasteiger partial charge in [0.15, 0.2) is 17.3 Å². The van der Waals surface area contributed by atoms with Gasteiger partial charge in [-0.25, -0.2) is 14.2 Å². The Morgan fingerprint density at radius 3 is 2.68 bits per heavy atom. The van der Waals surface area contributed by atoms with E-state index in [-0.39, 0.29) is 32.7 Å². The molecule has 6 nitrogen and oxygen atoms in total. The molecule has 116 valence electrons. The molecule has 1 heterocycles. The zero-order valence-corrected chi connectivity index (χ0v) is 12.5. The SMILES string of the molecule is COc1c(Cl)ccc(-c2cc(N)c(Cl)c(C(=O)O[O-])n2)c1F. The van der Waals surface area contributed by atoms with E-state index in [1.807, 2.05) is 0 Å². The minimum absolute atomic E-state index is 0.0326. The Bertz CT molecular complexity index is 755. The van der Waals surface area contributed by atoms with Crippen molar-refractivity contribution in [2.24, 2.45) is 0 Å². The smallest absolute Gasteiger partial charge is 0.352 e. The molecule has 2 rings (SSSR count). The summed E-state index contributed by atoms with van der Waals surface area (Å²) in [5, 5.41) is 10.1. The predicted octanol–water partition coefficient (Wildman–Crippen LogP) is 2.22. The largest absolute Gasteiger partial charge is 0.661 e. The minimum atomic E-state index is -1.33. The van der Waals surface area contributed by atoms with Crippen molar-refractivity contribution in [2.75, 3.05) is 12.8 Å². The molecule has 0 aliphatic rings. The number of anilines is 1. The van der Waals surface area contributed by atoms with E-state index in [1.165, 1.54) is 25.3 Å². The van der Waals surface area contributed by atoms with Crippen molar-refractivity contribution in [1.82, 2.24) is 4.98 Å². The molecule has 0 unspecified atom stereocenters. The monoisotopic (exact) mass is 345 g/mol. The highest BCUT2D eigenvalue weighted by atomic mass is 35.5. The number of halogens is 3. The van der Waals surface area contributed by atoms with Crippen molar-refractivity contribution < 1.29 is 24.1 Å². The summed E-state index contributed by atoms with van der Waals surface area (Å²) in [4.78, 5) is 18.5. The van der Waals surface area contributed by atoms with Crippen LogP contribution in [0.5, 0.6) is 5.75 Å². The van der Waals surface area contributed by atoms with Gasteiger partial charge in [0.05, 0.1) is 28.5 Å². The van der Waals surface area contributed by atoms with Gasteiger partial charge in [0.25, 0.3) is 0 Å². The van der Waals surface area contributed by atoms with E-state index in [0.717, 1.165) is 0 Å². The Hall–Kier alpha value is -2.09. The molecule has 2 N–H and O–H groups in total. The van der Waals surface area contributed by atoms with Gasteiger partial charge in [0.2, 0.25) is 0 Å². The van der Waals surface area contributed by atoms with Crippen molar-refractivity contribution in [2.45, 2.75) is 0 Å². The number of methoxy groups -OCH3 is 1. The molecule has 1 aromatic carbocycles. The topological polar surface area (TPSA) is 97.5 Å². The van der Waals surface area contributed by atoms with Crippen LogP contribution < -0.4 is 15.7 Å². The second kappa shape index (κ2) is 6.35. The van der Waals surface area contributed by atoms with Crippen LogP contribution in [0.15, 0.2) is 18.2 Å². The molecular formula is C13H8Cl2FN2O4-. The van der Waals surface area contributed by atoms with E-state index in [1.54, 1.807) is 0 Å². The lowest BCUT2D eigenvalue weighted by atomic mass is 10.1. The second-order valence-corrected chi connectivity index (χ2v) is 4.86. The number of nitrogens with zero attached hydrogens (tertiary/aromatic N) is 1. The Labute approximate surface area is 134 Å². The number of hydrogen-bond donors (Lipinski definition) is 1. The summed E-state index contributed by atoms with van der Waals surface area (Å²) in [7, 11) is 1.25. The number of rotatable bonds is 3. The highest BCUT2D eigenvalue weighted by Gasteiger charge is 2.20. The van der Waals surface area contributed by atoms with Crippen molar-refractivity contribution in [3.05, 3.63) is 39.8 Å². The van der Waals surface area contributed by atoms with Gasteiger partial charge in [-0.15, -0.1) is 0 Å². The van der Waals surface area contributed by atoms with E-state index >= 15 is 0 Å². The fourth-order valence-corrected chi connectivity index (χ4v) is 2.18. The Morgan fingerprint density at radius 2 is 2.09 bits per heavy atom. The number of hydrogen-bond acceptors (Lipinski definition) is 6. The van der Waals surface area contributed by atoms with Crippen molar-refractivity contribution >= 4 is 34.9 Å². The van der Waals surface area contributed by atoms with E-state index in [0.29, 0.717) is 0 Å². The lowest BCUT2D eigenvalue weighted by Gasteiger charge is -2.13. The molecule has 22 heavy (non-hydrogen) atoms. The fourth-order valence-electron chi connectivity index (χ4n) is 1.78. The van der Waals surface area contributed by atoms with E-state index < -0.39 is 17.5 Å². The third kappa shape index (κ3) is 2.78. The second-order valence-electron chi connectivity index (χ2n) is 4.07. The maximum Gasteiger partial charge on any atom is 0.352 e. The molecule has 0 aliphatic carbocycles. The number of carbonyl (C=O) groups is 1. The van der Waals surface area contributed by atoms with Gasteiger partial charge in [-0.1, -0.05) is 23.2 Å². The van der Waals surface area contributed by atoms with Gasteiger partial charge >= 0.3 is 5.97 Å². The van der Waals surface area contributed by atoms with Crippen LogP contribution in [0.1, 0.15) is 10.5 Å². The predicted molar refractivity (Wildman–Crippen MR) is 76.0 cm³/mol. The lowest BCUT2D eigenvalue weighted by molar-refractivity contribution is -0.653. The summed E-state index contributed by atoms with van der Waals surface area (Å²) in [6.45, 7) is 0.